The van der Waals surface area contributed by atoms with Crippen molar-refractivity contribution >= 4 is 5.91 Å². The highest BCUT2D eigenvalue weighted by Gasteiger charge is 2.31. The summed E-state index contributed by atoms with van der Waals surface area (Å²) in [5, 5.41) is 0. The first kappa shape index (κ1) is 11.2. The predicted molar refractivity (Wildman–Crippen MR) is 37.4 cm³/mol. The molecule has 0 atom stereocenters. The van der Waals surface area contributed by atoms with E-state index in [0.717, 1.165) is 0 Å². The maximum absolute atomic E-state index is 11.8. The molecule has 0 saturated heterocycles. The number of rotatable bonds is 3. The smallest absolute Gasteiger partial charge is 0.333 e. The zero-order valence-corrected chi connectivity index (χ0v) is 6.69. The molecule has 0 spiro atoms. The zero-order chi connectivity index (χ0) is 9.78. The molecular weight excluding hydrogens is 173 g/mol. The van der Waals surface area contributed by atoms with Crippen LogP contribution >= 0.6 is 0 Å². The molecule has 72 valence electrons. The van der Waals surface area contributed by atoms with Crippen molar-refractivity contribution in [2.24, 2.45) is 5.73 Å². The SMILES string of the molecule is CCN(CC(F)(F)F)C(=O)CN. The van der Waals surface area contributed by atoms with Gasteiger partial charge in [0.15, 0.2) is 0 Å². The number of halogens is 3. The first-order valence-electron chi connectivity index (χ1n) is 3.45. The molecule has 2 N–H and O–H groups in total. The molecule has 0 aromatic carbocycles. The van der Waals surface area contributed by atoms with Crippen molar-refractivity contribution in [3.8, 4) is 0 Å². The van der Waals surface area contributed by atoms with Gasteiger partial charge in [0.25, 0.3) is 0 Å². The fraction of sp³-hybridized carbons (Fsp3) is 0.833. The molecule has 0 saturated carbocycles. The number of carbonyl (C=O) groups is 1. The van der Waals surface area contributed by atoms with Gasteiger partial charge in [0.2, 0.25) is 5.91 Å². The molecule has 0 unspecified atom stereocenters. The van der Waals surface area contributed by atoms with Gasteiger partial charge in [-0.1, -0.05) is 0 Å². The van der Waals surface area contributed by atoms with Crippen molar-refractivity contribution in [1.29, 1.82) is 0 Å². The van der Waals surface area contributed by atoms with Gasteiger partial charge in [0.05, 0.1) is 6.54 Å². The van der Waals surface area contributed by atoms with Crippen LogP contribution in [0.15, 0.2) is 0 Å². The maximum Gasteiger partial charge on any atom is 0.406 e. The van der Waals surface area contributed by atoms with Gasteiger partial charge in [-0.15, -0.1) is 0 Å². The van der Waals surface area contributed by atoms with E-state index in [1.54, 1.807) is 0 Å². The van der Waals surface area contributed by atoms with Crippen molar-refractivity contribution in [3.63, 3.8) is 0 Å². The third-order valence-electron chi connectivity index (χ3n) is 1.28. The van der Waals surface area contributed by atoms with Crippen molar-refractivity contribution in [1.82, 2.24) is 4.90 Å². The Morgan fingerprint density at radius 3 is 2.25 bits per heavy atom. The number of amides is 1. The van der Waals surface area contributed by atoms with Crippen LogP contribution in [0.5, 0.6) is 0 Å². The van der Waals surface area contributed by atoms with Crippen molar-refractivity contribution in [2.45, 2.75) is 13.1 Å². The minimum absolute atomic E-state index is 0.0234. The van der Waals surface area contributed by atoms with E-state index in [-0.39, 0.29) is 13.1 Å². The molecule has 3 nitrogen and oxygen atoms in total. The van der Waals surface area contributed by atoms with E-state index in [1.165, 1.54) is 6.92 Å². The van der Waals surface area contributed by atoms with E-state index in [0.29, 0.717) is 4.90 Å². The molecule has 0 aliphatic rings. The van der Waals surface area contributed by atoms with Crippen LogP contribution in [0.4, 0.5) is 13.2 Å². The van der Waals surface area contributed by atoms with Crippen LogP contribution in [0, 0.1) is 0 Å². The first-order chi connectivity index (χ1) is 5.40. The Kier molecular flexibility index (Phi) is 4.02. The molecule has 0 heterocycles. The maximum atomic E-state index is 11.8. The van der Waals surface area contributed by atoms with Gasteiger partial charge in [0.1, 0.15) is 6.54 Å². The molecule has 0 aliphatic heterocycles. The highest BCUT2D eigenvalue weighted by Crippen LogP contribution is 2.15. The lowest BCUT2D eigenvalue weighted by Crippen LogP contribution is -2.41. The fourth-order valence-corrected chi connectivity index (χ4v) is 0.722. The average molecular weight is 184 g/mol. The summed E-state index contributed by atoms with van der Waals surface area (Å²) >= 11 is 0. The Labute approximate surface area is 68.3 Å². The Hall–Kier alpha value is -0.780. The van der Waals surface area contributed by atoms with E-state index in [4.69, 9.17) is 5.73 Å². The fourth-order valence-electron chi connectivity index (χ4n) is 0.722. The number of nitrogens with zero attached hydrogens (tertiary/aromatic N) is 1. The largest absolute Gasteiger partial charge is 0.406 e. The Balaban J connectivity index is 4.09. The van der Waals surface area contributed by atoms with E-state index >= 15 is 0 Å². The van der Waals surface area contributed by atoms with Gasteiger partial charge in [0, 0.05) is 6.54 Å². The second-order valence-electron chi connectivity index (χ2n) is 2.23. The van der Waals surface area contributed by atoms with E-state index < -0.39 is 18.6 Å². The van der Waals surface area contributed by atoms with Gasteiger partial charge < -0.3 is 10.6 Å². The first-order valence-corrected chi connectivity index (χ1v) is 3.45. The molecule has 6 heteroatoms. The lowest BCUT2D eigenvalue weighted by atomic mass is 10.4. The molecule has 0 bridgehead atoms. The zero-order valence-electron chi connectivity index (χ0n) is 6.69. The summed E-state index contributed by atoms with van der Waals surface area (Å²) in [4.78, 5) is 11.4. The predicted octanol–water partition coefficient (Wildman–Crippen LogP) is 0.356. The summed E-state index contributed by atoms with van der Waals surface area (Å²) in [6.07, 6.45) is -4.35. The number of likely N-dealkylation sites (N-methyl/N-ethyl adjacent to an activating group) is 1. The summed E-state index contributed by atoms with van der Waals surface area (Å²) < 4.78 is 35.3. The molecule has 1 amide bonds. The molecule has 0 rings (SSSR count). The summed E-state index contributed by atoms with van der Waals surface area (Å²) in [7, 11) is 0. The third kappa shape index (κ3) is 4.17. The normalized spacial score (nSPS) is 11.4. The standard InChI is InChI=1S/C6H11F3N2O/c1-2-11(5(12)3-10)4-6(7,8)9/h2-4,10H2,1H3. The lowest BCUT2D eigenvalue weighted by molar-refractivity contribution is -0.159. The molecule has 0 aromatic heterocycles. The van der Waals surface area contributed by atoms with Crippen LogP contribution in [-0.4, -0.2) is 36.6 Å². The van der Waals surface area contributed by atoms with Crippen LogP contribution in [0.25, 0.3) is 0 Å². The van der Waals surface area contributed by atoms with Gasteiger partial charge in [-0.05, 0) is 6.92 Å². The Bertz CT molecular complexity index is 157. The molecule has 0 aliphatic carbocycles. The summed E-state index contributed by atoms with van der Waals surface area (Å²) in [6, 6.07) is 0. The monoisotopic (exact) mass is 184 g/mol. The number of carbonyl (C=O) groups excluding carboxylic acids is 1. The average Bonchev–Trinajstić information content (AvgIpc) is 1.97. The van der Waals surface area contributed by atoms with Gasteiger partial charge in [-0.2, -0.15) is 13.2 Å². The van der Waals surface area contributed by atoms with Crippen LogP contribution in [-0.2, 0) is 4.79 Å². The summed E-state index contributed by atoms with van der Waals surface area (Å²) in [5.41, 5.74) is 4.91. The molecular formula is C6H11F3N2O. The van der Waals surface area contributed by atoms with E-state index in [1.807, 2.05) is 0 Å². The van der Waals surface area contributed by atoms with E-state index in [9.17, 15) is 18.0 Å². The Morgan fingerprint density at radius 1 is 1.50 bits per heavy atom. The molecule has 0 radical (unpaired) electrons. The topological polar surface area (TPSA) is 46.3 Å². The molecule has 0 aromatic rings. The molecule has 0 fully saturated rings. The van der Waals surface area contributed by atoms with Gasteiger partial charge in [-0.3, -0.25) is 4.79 Å². The highest BCUT2D eigenvalue weighted by atomic mass is 19.4. The van der Waals surface area contributed by atoms with E-state index in [2.05, 4.69) is 0 Å². The second-order valence-corrected chi connectivity index (χ2v) is 2.23. The van der Waals surface area contributed by atoms with Crippen LogP contribution < -0.4 is 5.73 Å². The van der Waals surface area contributed by atoms with Crippen molar-refractivity contribution < 1.29 is 18.0 Å². The number of hydrogen-bond donors (Lipinski definition) is 1. The highest BCUT2D eigenvalue weighted by molar-refractivity contribution is 5.77. The Morgan fingerprint density at radius 2 is 2.00 bits per heavy atom. The van der Waals surface area contributed by atoms with Crippen LogP contribution in [0.2, 0.25) is 0 Å². The lowest BCUT2D eigenvalue weighted by Gasteiger charge is -2.21. The van der Waals surface area contributed by atoms with Crippen molar-refractivity contribution in [2.75, 3.05) is 19.6 Å². The number of nitrogens with two attached hydrogens (primary N) is 1. The number of hydrogen-bond acceptors (Lipinski definition) is 2. The van der Waals surface area contributed by atoms with Crippen LogP contribution in [0.1, 0.15) is 6.92 Å². The second kappa shape index (κ2) is 4.30. The third-order valence-corrected chi connectivity index (χ3v) is 1.28. The van der Waals surface area contributed by atoms with Gasteiger partial charge >= 0.3 is 6.18 Å². The minimum Gasteiger partial charge on any atom is -0.333 e. The molecule has 12 heavy (non-hydrogen) atoms. The summed E-state index contributed by atoms with van der Waals surface area (Å²) in [6.45, 7) is -0.113. The van der Waals surface area contributed by atoms with Crippen LogP contribution in [0.3, 0.4) is 0 Å². The van der Waals surface area contributed by atoms with Crippen molar-refractivity contribution in [3.05, 3.63) is 0 Å². The minimum atomic E-state index is -4.35. The van der Waals surface area contributed by atoms with Gasteiger partial charge in [-0.25, -0.2) is 0 Å². The quantitative estimate of drug-likeness (QED) is 0.688. The number of alkyl halides is 3. The summed E-state index contributed by atoms with van der Waals surface area (Å²) in [5.74, 6) is -0.685.